The number of nitrogens with zero attached hydrogens (tertiary/aromatic N) is 1. The van der Waals surface area contributed by atoms with Crippen LogP contribution in [0.2, 0.25) is 0 Å². The van der Waals surface area contributed by atoms with Crippen molar-refractivity contribution in [3.05, 3.63) is 23.9 Å². The number of pyridine rings is 1. The van der Waals surface area contributed by atoms with Crippen LogP contribution < -0.4 is 5.32 Å². The molecule has 0 aliphatic carbocycles. The van der Waals surface area contributed by atoms with E-state index < -0.39 is 0 Å². The van der Waals surface area contributed by atoms with Gasteiger partial charge in [-0.15, -0.1) is 0 Å². The van der Waals surface area contributed by atoms with Crippen molar-refractivity contribution in [3.8, 4) is 0 Å². The van der Waals surface area contributed by atoms with Gasteiger partial charge in [-0.2, -0.15) is 11.8 Å². The van der Waals surface area contributed by atoms with Gasteiger partial charge in [0.25, 0.3) is 0 Å². The molecule has 2 nitrogen and oxygen atoms in total. The van der Waals surface area contributed by atoms with Crippen LogP contribution in [-0.2, 0) is 5.75 Å². The summed E-state index contributed by atoms with van der Waals surface area (Å²) in [5.74, 6) is 4.00. The molecule has 0 saturated heterocycles. The Hall–Kier alpha value is -0.700. The summed E-state index contributed by atoms with van der Waals surface area (Å²) < 4.78 is 0. The number of hydrogen-bond acceptors (Lipinski definition) is 3. The van der Waals surface area contributed by atoms with Gasteiger partial charge in [-0.1, -0.05) is 19.9 Å². The van der Waals surface area contributed by atoms with Crippen molar-refractivity contribution in [2.75, 3.05) is 18.1 Å². The van der Waals surface area contributed by atoms with Gasteiger partial charge < -0.3 is 5.32 Å². The lowest BCUT2D eigenvalue weighted by Gasteiger charge is -2.05. The van der Waals surface area contributed by atoms with Crippen molar-refractivity contribution in [1.29, 1.82) is 0 Å². The van der Waals surface area contributed by atoms with Gasteiger partial charge in [-0.05, 0) is 30.2 Å². The molecule has 1 N–H and O–H groups in total. The van der Waals surface area contributed by atoms with Gasteiger partial charge >= 0.3 is 0 Å². The molecule has 1 aromatic rings. The first-order valence-electron chi connectivity index (χ1n) is 5.44. The van der Waals surface area contributed by atoms with Gasteiger partial charge in [0.2, 0.25) is 0 Å². The molecule has 0 atom stereocenters. The number of thioether (sulfide) groups is 1. The molecule has 0 radical (unpaired) electrons. The highest BCUT2D eigenvalue weighted by Gasteiger charge is 1.98. The molecule has 3 heteroatoms. The third kappa shape index (κ3) is 5.07. The van der Waals surface area contributed by atoms with E-state index in [0.717, 1.165) is 23.2 Å². The molecule has 0 aromatic carbocycles. The van der Waals surface area contributed by atoms with Crippen LogP contribution in [0.1, 0.15) is 26.0 Å². The maximum absolute atomic E-state index is 4.48. The molecule has 0 spiro atoms. The lowest BCUT2D eigenvalue weighted by molar-refractivity contribution is 0.632. The third-order valence-corrected chi connectivity index (χ3v) is 3.18. The Labute approximate surface area is 96.9 Å². The fourth-order valence-corrected chi connectivity index (χ4v) is 2.35. The summed E-state index contributed by atoms with van der Waals surface area (Å²) in [7, 11) is 1.90. The Morgan fingerprint density at radius 3 is 2.87 bits per heavy atom. The van der Waals surface area contributed by atoms with Gasteiger partial charge in [-0.3, -0.25) is 0 Å². The highest BCUT2D eigenvalue weighted by Crippen LogP contribution is 2.15. The molecular weight excluding hydrogens is 204 g/mol. The second kappa shape index (κ2) is 6.72. The van der Waals surface area contributed by atoms with Crippen LogP contribution in [0, 0.1) is 5.92 Å². The van der Waals surface area contributed by atoms with Crippen molar-refractivity contribution in [3.63, 3.8) is 0 Å². The van der Waals surface area contributed by atoms with Crippen molar-refractivity contribution in [1.82, 2.24) is 4.98 Å². The molecule has 1 heterocycles. The van der Waals surface area contributed by atoms with Crippen LogP contribution in [-0.4, -0.2) is 17.8 Å². The van der Waals surface area contributed by atoms with Crippen LogP contribution in [0.15, 0.2) is 18.2 Å². The quantitative estimate of drug-likeness (QED) is 0.750. The summed E-state index contributed by atoms with van der Waals surface area (Å²) in [6, 6.07) is 6.13. The van der Waals surface area contributed by atoms with E-state index in [0.29, 0.717) is 0 Å². The van der Waals surface area contributed by atoms with E-state index in [1.165, 1.54) is 12.2 Å². The Bertz CT molecular complexity index is 287. The second-order valence-electron chi connectivity index (χ2n) is 4.00. The normalized spacial score (nSPS) is 10.7. The van der Waals surface area contributed by atoms with E-state index in [-0.39, 0.29) is 0 Å². The molecule has 0 saturated carbocycles. The summed E-state index contributed by atoms with van der Waals surface area (Å²) in [6.07, 6.45) is 1.29. The Kier molecular flexibility index (Phi) is 5.54. The van der Waals surface area contributed by atoms with Crippen molar-refractivity contribution in [2.24, 2.45) is 5.92 Å². The van der Waals surface area contributed by atoms with Crippen molar-refractivity contribution < 1.29 is 0 Å². The van der Waals surface area contributed by atoms with Gasteiger partial charge in [0.15, 0.2) is 0 Å². The first kappa shape index (κ1) is 12.4. The summed E-state index contributed by atoms with van der Waals surface area (Å²) >= 11 is 1.96. The zero-order valence-corrected chi connectivity index (χ0v) is 10.6. The minimum atomic E-state index is 0.800. The predicted octanol–water partition coefficient (Wildman–Crippen LogP) is 3.40. The maximum atomic E-state index is 4.48. The maximum Gasteiger partial charge on any atom is 0.125 e. The van der Waals surface area contributed by atoms with Crippen LogP contribution in [0.25, 0.3) is 0 Å². The highest BCUT2D eigenvalue weighted by atomic mass is 32.2. The molecule has 1 aromatic heterocycles. The van der Waals surface area contributed by atoms with Crippen LogP contribution in [0.3, 0.4) is 0 Å². The predicted molar refractivity (Wildman–Crippen MR) is 69.4 cm³/mol. The average molecular weight is 224 g/mol. The zero-order valence-electron chi connectivity index (χ0n) is 9.79. The fraction of sp³-hybridized carbons (Fsp3) is 0.583. The molecule has 0 fully saturated rings. The average Bonchev–Trinajstić information content (AvgIpc) is 2.24. The van der Waals surface area contributed by atoms with Crippen LogP contribution in [0.5, 0.6) is 0 Å². The number of aromatic nitrogens is 1. The number of nitrogens with one attached hydrogen (secondary N) is 1. The molecule has 0 bridgehead atoms. The molecule has 1 rings (SSSR count). The lowest BCUT2D eigenvalue weighted by atomic mass is 10.2. The molecule has 0 aliphatic rings. The molecule has 84 valence electrons. The number of rotatable bonds is 6. The largest absolute Gasteiger partial charge is 0.373 e. The topological polar surface area (TPSA) is 24.9 Å². The first-order chi connectivity index (χ1) is 7.22. The summed E-state index contributed by atoms with van der Waals surface area (Å²) in [5, 5.41) is 3.06. The van der Waals surface area contributed by atoms with Gasteiger partial charge in [0.05, 0.1) is 5.69 Å². The number of anilines is 1. The van der Waals surface area contributed by atoms with E-state index in [9.17, 15) is 0 Å². The van der Waals surface area contributed by atoms with E-state index in [1.54, 1.807) is 0 Å². The van der Waals surface area contributed by atoms with Crippen LogP contribution in [0.4, 0.5) is 5.82 Å². The summed E-state index contributed by atoms with van der Waals surface area (Å²) in [5.41, 5.74) is 1.16. The first-order valence-corrected chi connectivity index (χ1v) is 6.59. The zero-order chi connectivity index (χ0) is 11.1. The molecule has 0 amide bonds. The fourth-order valence-electron chi connectivity index (χ4n) is 1.19. The summed E-state index contributed by atoms with van der Waals surface area (Å²) in [6.45, 7) is 4.53. The van der Waals surface area contributed by atoms with Crippen LogP contribution >= 0.6 is 11.8 Å². The third-order valence-electron chi connectivity index (χ3n) is 2.15. The Morgan fingerprint density at radius 1 is 1.40 bits per heavy atom. The molecular formula is C12H20N2S. The van der Waals surface area contributed by atoms with E-state index in [4.69, 9.17) is 0 Å². The molecule has 15 heavy (non-hydrogen) atoms. The van der Waals surface area contributed by atoms with Gasteiger partial charge in [-0.25, -0.2) is 4.98 Å². The van der Waals surface area contributed by atoms with Gasteiger partial charge in [0, 0.05) is 12.8 Å². The van der Waals surface area contributed by atoms with E-state index in [1.807, 2.05) is 24.9 Å². The van der Waals surface area contributed by atoms with E-state index in [2.05, 4.69) is 36.3 Å². The summed E-state index contributed by atoms with van der Waals surface area (Å²) in [4.78, 5) is 4.48. The highest BCUT2D eigenvalue weighted by molar-refractivity contribution is 7.98. The minimum absolute atomic E-state index is 0.800. The van der Waals surface area contributed by atoms with Gasteiger partial charge in [0.1, 0.15) is 5.82 Å². The standard InChI is InChI=1S/C12H20N2S/c1-10(2)7-8-15-9-11-5-4-6-12(13-3)14-11/h4-6,10H,7-9H2,1-3H3,(H,13,14). The Morgan fingerprint density at radius 2 is 2.20 bits per heavy atom. The SMILES string of the molecule is CNc1cccc(CSCCC(C)C)n1. The second-order valence-corrected chi connectivity index (χ2v) is 5.10. The molecule has 0 aliphatic heterocycles. The molecule has 0 unspecified atom stereocenters. The lowest BCUT2D eigenvalue weighted by Crippen LogP contribution is -1.96. The van der Waals surface area contributed by atoms with Crippen molar-refractivity contribution >= 4 is 17.6 Å². The number of hydrogen-bond donors (Lipinski definition) is 1. The monoisotopic (exact) mass is 224 g/mol. The minimum Gasteiger partial charge on any atom is -0.373 e. The Balaban J connectivity index is 2.30. The van der Waals surface area contributed by atoms with Crippen molar-refractivity contribution in [2.45, 2.75) is 26.0 Å². The van der Waals surface area contributed by atoms with E-state index >= 15 is 0 Å². The smallest absolute Gasteiger partial charge is 0.125 e.